The van der Waals surface area contributed by atoms with E-state index in [0.717, 1.165) is 12.1 Å². The molecule has 0 saturated carbocycles. The number of benzene rings is 1. The molecule has 0 heterocycles. The Kier molecular flexibility index (Phi) is 2.88. The second kappa shape index (κ2) is 3.80. The molecule has 15 heavy (non-hydrogen) atoms. The molecule has 3 nitrogen and oxygen atoms in total. The first-order valence-electron chi connectivity index (χ1n) is 3.98. The lowest BCUT2D eigenvalue weighted by Crippen LogP contribution is -2.14. The molecule has 0 aliphatic carbocycles. The third-order valence-corrected chi connectivity index (χ3v) is 1.85. The van der Waals surface area contributed by atoms with Crippen molar-refractivity contribution in [2.24, 2.45) is 0 Å². The second-order valence-corrected chi connectivity index (χ2v) is 2.94. The Labute approximate surface area is 83.3 Å². The van der Waals surface area contributed by atoms with E-state index in [9.17, 15) is 18.0 Å². The van der Waals surface area contributed by atoms with Crippen LogP contribution < -0.4 is 5.73 Å². The number of carboxylic acid groups (broad SMARTS) is 1. The SMILES string of the molecule is Nc1cccc(C(F)(F)F)c1CC(=O)O. The molecule has 1 aromatic carbocycles. The smallest absolute Gasteiger partial charge is 0.416 e. The molecule has 0 unspecified atom stereocenters. The van der Waals surface area contributed by atoms with Crippen LogP contribution in [-0.2, 0) is 17.4 Å². The number of carboxylic acids is 1. The van der Waals surface area contributed by atoms with Crippen molar-refractivity contribution < 1.29 is 23.1 Å². The fraction of sp³-hybridized carbons (Fsp3) is 0.222. The topological polar surface area (TPSA) is 63.3 Å². The summed E-state index contributed by atoms with van der Waals surface area (Å²) in [6.07, 6.45) is -5.32. The summed E-state index contributed by atoms with van der Waals surface area (Å²) in [4.78, 5) is 10.4. The lowest BCUT2D eigenvalue weighted by atomic mass is 10.0. The summed E-state index contributed by atoms with van der Waals surface area (Å²) in [6.45, 7) is 0. The highest BCUT2D eigenvalue weighted by atomic mass is 19.4. The Bertz CT molecular complexity index is 387. The second-order valence-electron chi connectivity index (χ2n) is 2.94. The van der Waals surface area contributed by atoms with Gasteiger partial charge in [0.25, 0.3) is 0 Å². The molecule has 0 aromatic heterocycles. The summed E-state index contributed by atoms with van der Waals surface area (Å²) in [6, 6.07) is 3.20. The molecule has 1 aromatic rings. The van der Waals surface area contributed by atoms with Gasteiger partial charge in [0.1, 0.15) is 0 Å². The monoisotopic (exact) mass is 219 g/mol. The van der Waals surface area contributed by atoms with Crippen LogP contribution in [0.2, 0.25) is 0 Å². The van der Waals surface area contributed by atoms with E-state index in [-0.39, 0.29) is 5.69 Å². The van der Waals surface area contributed by atoms with Gasteiger partial charge in [-0.1, -0.05) is 6.07 Å². The predicted octanol–water partition coefficient (Wildman–Crippen LogP) is 1.91. The van der Waals surface area contributed by atoms with Crippen LogP contribution in [0.3, 0.4) is 0 Å². The molecule has 0 fully saturated rings. The average Bonchev–Trinajstić information content (AvgIpc) is 2.05. The highest BCUT2D eigenvalue weighted by Gasteiger charge is 2.34. The van der Waals surface area contributed by atoms with Crippen molar-refractivity contribution in [3.8, 4) is 0 Å². The number of hydrogen-bond donors (Lipinski definition) is 2. The summed E-state index contributed by atoms with van der Waals surface area (Å²) >= 11 is 0. The van der Waals surface area contributed by atoms with Gasteiger partial charge in [-0.15, -0.1) is 0 Å². The molecular formula is C9H8F3NO2. The number of hydrogen-bond acceptors (Lipinski definition) is 2. The maximum absolute atomic E-state index is 12.4. The van der Waals surface area contributed by atoms with E-state index in [2.05, 4.69) is 0 Å². The third kappa shape index (κ3) is 2.61. The highest BCUT2D eigenvalue weighted by Crippen LogP contribution is 2.34. The van der Waals surface area contributed by atoms with Gasteiger partial charge in [-0.25, -0.2) is 0 Å². The normalized spacial score (nSPS) is 11.4. The lowest BCUT2D eigenvalue weighted by molar-refractivity contribution is -0.139. The summed E-state index contributed by atoms with van der Waals surface area (Å²) in [5, 5.41) is 8.46. The van der Waals surface area contributed by atoms with E-state index in [1.165, 1.54) is 6.07 Å². The molecule has 0 aliphatic heterocycles. The van der Waals surface area contributed by atoms with Crippen molar-refractivity contribution in [2.45, 2.75) is 12.6 Å². The summed E-state index contributed by atoms with van der Waals surface area (Å²) in [7, 11) is 0. The Balaban J connectivity index is 3.26. The van der Waals surface area contributed by atoms with Gasteiger partial charge in [0, 0.05) is 5.69 Å². The van der Waals surface area contributed by atoms with Crippen molar-refractivity contribution in [3.63, 3.8) is 0 Å². The molecule has 0 aliphatic rings. The van der Waals surface area contributed by atoms with Crippen LogP contribution in [0.1, 0.15) is 11.1 Å². The predicted molar refractivity (Wildman–Crippen MR) is 47.2 cm³/mol. The van der Waals surface area contributed by atoms with Crippen LogP contribution >= 0.6 is 0 Å². The highest BCUT2D eigenvalue weighted by molar-refractivity contribution is 5.74. The summed E-state index contributed by atoms with van der Waals surface area (Å²) in [5.41, 5.74) is 3.76. The Morgan fingerprint density at radius 1 is 1.40 bits per heavy atom. The molecule has 3 N–H and O–H groups in total. The van der Waals surface area contributed by atoms with Crippen LogP contribution in [0, 0.1) is 0 Å². The minimum Gasteiger partial charge on any atom is -0.481 e. The molecule has 0 bridgehead atoms. The summed E-state index contributed by atoms with van der Waals surface area (Å²) < 4.78 is 37.3. The number of nitrogens with two attached hydrogens (primary N) is 1. The molecular weight excluding hydrogens is 211 g/mol. The standard InChI is InChI=1S/C9H8F3NO2/c10-9(11,12)6-2-1-3-7(13)5(6)4-8(14)15/h1-3H,4,13H2,(H,14,15). The number of nitrogen functional groups attached to an aromatic ring is 1. The van der Waals surface area contributed by atoms with Gasteiger partial charge in [-0.3, -0.25) is 4.79 Å². The van der Waals surface area contributed by atoms with Gasteiger partial charge in [-0.2, -0.15) is 13.2 Å². The number of alkyl halides is 3. The quantitative estimate of drug-likeness (QED) is 0.747. The van der Waals surface area contributed by atoms with E-state index < -0.39 is 29.7 Å². The van der Waals surface area contributed by atoms with E-state index in [0.29, 0.717) is 0 Å². The van der Waals surface area contributed by atoms with Crippen LogP contribution in [0.4, 0.5) is 18.9 Å². The molecule has 82 valence electrons. The van der Waals surface area contributed by atoms with Gasteiger partial charge in [0.05, 0.1) is 12.0 Å². The van der Waals surface area contributed by atoms with Crippen LogP contribution in [-0.4, -0.2) is 11.1 Å². The Morgan fingerprint density at radius 2 is 2.00 bits per heavy atom. The molecule has 6 heteroatoms. The van der Waals surface area contributed by atoms with Gasteiger partial charge in [0.2, 0.25) is 0 Å². The maximum atomic E-state index is 12.4. The fourth-order valence-electron chi connectivity index (χ4n) is 1.22. The van der Waals surface area contributed by atoms with Crippen LogP contribution in [0.5, 0.6) is 0 Å². The zero-order valence-electron chi connectivity index (χ0n) is 7.51. The molecule has 0 atom stereocenters. The molecule has 0 spiro atoms. The van der Waals surface area contributed by atoms with E-state index >= 15 is 0 Å². The average molecular weight is 219 g/mol. The van der Waals surface area contributed by atoms with Crippen molar-refractivity contribution in [1.29, 1.82) is 0 Å². The Hall–Kier alpha value is -1.72. The molecule has 1 rings (SSSR count). The Morgan fingerprint density at radius 3 is 2.47 bits per heavy atom. The first kappa shape index (κ1) is 11.4. The fourth-order valence-corrected chi connectivity index (χ4v) is 1.22. The number of rotatable bonds is 2. The van der Waals surface area contributed by atoms with E-state index in [1.54, 1.807) is 0 Å². The largest absolute Gasteiger partial charge is 0.481 e. The molecule has 0 saturated heterocycles. The molecule has 0 amide bonds. The van der Waals surface area contributed by atoms with Crippen molar-refractivity contribution in [1.82, 2.24) is 0 Å². The maximum Gasteiger partial charge on any atom is 0.416 e. The number of carbonyl (C=O) groups is 1. The van der Waals surface area contributed by atoms with Gasteiger partial charge < -0.3 is 10.8 Å². The third-order valence-electron chi connectivity index (χ3n) is 1.85. The first-order chi connectivity index (χ1) is 6.82. The number of halogens is 3. The van der Waals surface area contributed by atoms with Crippen molar-refractivity contribution >= 4 is 11.7 Å². The zero-order chi connectivity index (χ0) is 11.6. The number of anilines is 1. The summed E-state index contributed by atoms with van der Waals surface area (Å²) in [5.74, 6) is -1.35. The lowest BCUT2D eigenvalue weighted by Gasteiger charge is -2.13. The van der Waals surface area contributed by atoms with Gasteiger partial charge in [0.15, 0.2) is 0 Å². The number of aliphatic carboxylic acids is 1. The van der Waals surface area contributed by atoms with Gasteiger partial charge in [-0.05, 0) is 17.7 Å². The van der Waals surface area contributed by atoms with Crippen molar-refractivity contribution in [3.05, 3.63) is 29.3 Å². The zero-order valence-corrected chi connectivity index (χ0v) is 7.51. The minimum atomic E-state index is -4.58. The van der Waals surface area contributed by atoms with Crippen LogP contribution in [0.15, 0.2) is 18.2 Å². The minimum absolute atomic E-state index is 0.160. The first-order valence-corrected chi connectivity index (χ1v) is 3.98. The van der Waals surface area contributed by atoms with Crippen molar-refractivity contribution in [2.75, 3.05) is 5.73 Å². The van der Waals surface area contributed by atoms with Crippen LogP contribution in [0.25, 0.3) is 0 Å². The molecule has 0 radical (unpaired) electrons. The van der Waals surface area contributed by atoms with E-state index in [1.807, 2.05) is 0 Å². The van der Waals surface area contributed by atoms with E-state index in [4.69, 9.17) is 10.8 Å². The van der Waals surface area contributed by atoms with Gasteiger partial charge >= 0.3 is 12.1 Å².